The first-order chi connectivity index (χ1) is 6.87. The molecule has 0 fully saturated rings. The van der Waals surface area contributed by atoms with Gasteiger partial charge in [0.2, 0.25) is 0 Å². The van der Waals surface area contributed by atoms with Crippen LogP contribution in [0.25, 0.3) is 0 Å². The number of nitrogens with zero attached hydrogens (tertiary/aromatic N) is 1. The predicted molar refractivity (Wildman–Crippen MR) is 60.4 cm³/mol. The summed E-state index contributed by atoms with van der Waals surface area (Å²) < 4.78 is 22.5. The molecule has 0 bridgehead atoms. The van der Waals surface area contributed by atoms with Crippen molar-refractivity contribution >= 4 is 31.6 Å². The summed E-state index contributed by atoms with van der Waals surface area (Å²) in [6.45, 7) is 0. The molecule has 0 unspecified atom stereocenters. The van der Waals surface area contributed by atoms with Crippen molar-refractivity contribution in [2.45, 2.75) is 6.42 Å². The molecule has 0 amide bonds. The predicted octanol–water partition coefficient (Wildman–Crippen LogP) is 1.00. The van der Waals surface area contributed by atoms with E-state index in [-0.39, 0.29) is 12.2 Å². The molecule has 0 saturated heterocycles. The van der Waals surface area contributed by atoms with Crippen LogP contribution < -0.4 is 0 Å². The highest BCUT2D eigenvalue weighted by Gasteiger charge is 2.11. The molecule has 15 heavy (non-hydrogen) atoms. The summed E-state index contributed by atoms with van der Waals surface area (Å²) >= 11 is 3.22. The standard InChI is InChI=1S/C9H10BrNO3S/c1-15(13,14)6-9(12)3-7-2-8(10)5-11-4-7/h2,4-5H,3,6H2,1H3. The van der Waals surface area contributed by atoms with Gasteiger partial charge in [-0.3, -0.25) is 9.78 Å². The summed E-state index contributed by atoms with van der Waals surface area (Å²) in [5.41, 5.74) is 0.707. The first-order valence-corrected chi connectivity index (χ1v) is 7.01. The number of hydrogen-bond donors (Lipinski definition) is 0. The van der Waals surface area contributed by atoms with Crippen LogP contribution in [0.4, 0.5) is 0 Å². The van der Waals surface area contributed by atoms with Gasteiger partial charge in [0.25, 0.3) is 0 Å². The first kappa shape index (κ1) is 12.3. The van der Waals surface area contributed by atoms with Crippen molar-refractivity contribution in [2.24, 2.45) is 0 Å². The van der Waals surface area contributed by atoms with Crippen LogP contribution >= 0.6 is 15.9 Å². The molecular formula is C9H10BrNO3S. The molecule has 0 N–H and O–H groups in total. The number of sulfone groups is 1. The Balaban J connectivity index is 2.67. The number of rotatable bonds is 4. The summed E-state index contributed by atoms with van der Waals surface area (Å²) in [7, 11) is -3.24. The number of carbonyl (C=O) groups is 1. The maximum atomic E-state index is 11.3. The van der Waals surface area contributed by atoms with E-state index in [9.17, 15) is 13.2 Å². The van der Waals surface area contributed by atoms with E-state index < -0.39 is 15.6 Å². The van der Waals surface area contributed by atoms with Gasteiger partial charge in [-0.2, -0.15) is 0 Å². The Kier molecular flexibility index (Phi) is 3.98. The van der Waals surface area contributed by atoms with Crippen LogP contribution in [0.1, 0.15) is 5.56 Å². The summed E-state index contributed by atoms with van der Waals surface area (Å²) in [5.74, 6) is -0.739. The van der Waals surface area contributed by atoms with E-state index in [0.717, 1.165) is 10.7 Å². The van der Waals surface area contributed by atoms with Gasteiger partial charge in [0, 0.05) is 29.5 Å². The first-order valence-electron chi connectivity index (χ1n) is 4.16. The summed E-state index contributed by atoms with van der Waals surface area (Å²) in [6, 6.07) is 1.74. The van der Waals surface area contributed by atoms with Crippen molar-refractivity contribution in [3.63, 3.8) is 0 Å². The second-order valence-corrected chi connectivity index (χ2v) is 6.35. The second-order valence-electron chi connectivity index (χ2n) is 3.30. The zero-order chi connectivity index (χ0) is 11.5. The van der Waals surface area contributed by atoms with Gasteiger partial charge in [-0.1, -0.05) is 0 Å². The Hall–Kier alpha value is -0.750. The van der Waals surface area contributed by atoms with Crippen LogP contribution in [-0.4, -0.2) is 31.2 Å². The minimum Gasteiger partial charge on any atom is -0.298 e. The van der Waals surface area contributed by atoms with Crippen molar-refractivity contribution in [1.82, 2.24) is 4.98 Å². The van der Waals surface area contributed by atoms with Crippen molar-refractivity contribution in [3.8, 4) is 0 Å². The lowest BCUT2D eigenvalue weighted by Gasteiger charge is -2.00. The van der Waals surface area contributed by atoms with Crippen LogP contribution in [0.15, 0.2) is 22.9 Å². The molecule has 1 rings (SSSR count). The normalized spacial score (nSPS) is 11.3. The van der Waals surface area contributed by atoms with Crippen LogP contribution in [0, 0.1) is 0 Å². The molecule has 82 valence electrons. The average molecular weight is 292 g/mol. The van der Waals surface area contributed by atoms with Crippen LogP contribution in [0.5, 0.6) is 0 Å². The number of Topliss-reactive ketones (excluding diaryl/α,β-unsaturated/α-hetero) is 1. The molecule has 1 heterocycles. The lowest BCUT2D eigenvalue weighted by molar-refractivity contribution is -0.116. The highest BCUT2D eigenvalue weighted by molar-refractivity contribution is 9.10. The fraction of sp³-hybridized carbons (Fsp3) is 0.333. The van der Waals surface area contributed by atoms with Gasteiger partial charge >= 0.3 is 0 Å². The smallest absolute Gasteiger partial charge is 0.154 e. The zero-order valence-electron chi connectivity index (χ0n) is 8.10. The molecule has 0 spiro atoms. The fourth-order valence-corrected chi connectivity index (χ4v) is 2.22. The van der Waals surface area contributed by atoms with Gasteiger partial charge in [-0.25, -0.2) is 8.42 Å². The number of pyridine rings is 1. The molecule has 0 radical (unpaired) electrons. The fourth-order valence-electron chi connectivity index (χ4n) is 1.12. The van der Waals surface area contributed by atoms with E-state index in [1.54, 1.807) is 18.5 Å². The van der Waals surface area contributed by atoms with Gasteiger partial charge in [0.1, 0.15) is 5.75 Å². The Morgan fingerprint density at radius 3 is 2.67 bits per heavy atom. The SMILES string of the molecule is CS(=O)(=O)CC(=O)Cc1cncc(Br)c1. The molecule has 1 aromatic heterocycles. The largest absolute Gasteiger partial charge is 0.298 e. The Labute approximate surface area is 96.8 Å². The van der Waals surface area contributed by atoms with Crippen molar-refractivity contribution in [1.29, 1.82) is 0 Å². The number of ketones is 1. The molecule has 0 aromatic carbocycles. The van der Waals surface area contributed by atoms with Crippen LogP contribution in [0.2, 0.25) is 0 Å². The van der Waals surface area contributed by atoms with E-state index in [0.29, 0.717) is 5.56 Å². The van der Waals surface area contributed by atoms with Crippen LogP contribution in [0.3, 0.4) is 0 Å². The summed E-state index contributed by atoms with van der Waals surface area (Å²) in [4.78, 5) is 15.2. The van der Waals surface area contributed by atoms with Gasteiger partial charge in [0.05, 0.1) is 0 Å². The van der Waals surface area contributed by atoms with E-state index in [2.05, 4.69) is 20.9 Å². The minimum absolute atomic E-state index is 0.0967. The summed E-state index contributed by atoms with van der Waals surface area (Å²) in [6.07, 6.45) is 4.29. The lowest BCUT2D eigenvalue weighted by Crippen LogP contribution is -2.16. The van der Waals surface area contributed by atoms with E-state index in [1.807, 2.05) is 0 Å². The quantitative estimate of drug-likeness (QED) is 0.830. The molecule has 4 nitrogen and oxygen atoms in total. The van der Waals surface area contributed by atoms with Gasteiger partial charge in [0.15, 0.2) is 15.6 Å². The molecule has 6 heteroatoms. The molecule has 0 aliphatic carbocycles. The number of aromatic nitrogens is 1. The molecule has 0 atom stereocenters. The van der Waals surface area contributed by atoms with Crippen molar-refractivity contribution in [3.05, 3.63) is 28.5 Å². The topological polar surface area (TPSA) is 64.1 Å². The van der Waals surface area contributed by atoms with E-state index >= 15 is 0 Å². The van der Waals surface area contributed by atoms with Gasteiger partial charge < -0.3 is 0 Å². The third-order valence-corrected chi connectivity index (χ3v) is 2.87. The molecule has 0 aliphatic rings. The van der Waals surface area contributed by atoms with E-state index in [1.165, 1.54) is 0 Å². The van der Waals surface area contributed by atoms with Crippen molar-refractivity contribution in [2.75, 3.05) is 12.0 Å². The highest BCUT2D eigenvalue weighted by atomic mass is 79.9. The Morgan fingerprint density at radius 1 is 1.47 bits per heavy atom. The third kappa shape index (κ3) is 5.03. The van der Waals surface area contributed by atoms with Crippen molar-refractivity contribution < 1.29 is 13.2 Å². The van der Waals surface area contributed by atoms with Crippen LogP contribution in [-0.2, 0) is 21.1 Å². The van der Waals surface area contributed by atoms with Gasteiger partial charge in [-0.05, 0) is 27.6 Å². The second kappa shape index (κ2) is 4.85. The molecule has 1 aromatic rings. The zero-order valence-corrected chi connectivity index (χ0v) is 10.5. The third-order valence-electron chi connectivity index (χ3n) is 1.59. The number of hydrogen-bond acceptors (Lipinski definition) is 4. The molecule has 0 saturated carbocycles. The maximum absolute atomic E-state index is 11.3. The minimum atomic E-state index is -3.24. The Morgan fingerprint density at radius 2 is 2.13 bits per heavy atom. The average Bonchev–Trinajstić information content (AvgIpc) is 1.99. The highest BCUT2D eigenvalue weighted by Crippen LogP contribution is 2.10. The molecule has 0 aliphatic heterocycles. The maximum Gasteiger partial charge on any atom is 0.154 e. The monoisotopic (exact) mass is 291 g/mol. The molecular weight excluding hydrogens is 282 g/mol. The Bertz CT molecular complexity index is 470. The van der Waals surface area contributed by atoms with E-state index in [4.69, 9.17) is 0 Å². The van der Waals surface area contributed by atoms with Gasteiger partial charge in [-0.15, -0.1) is 0 Å². The number of carbonyl (C=O) groups excluding carboxylic acids is 1. The number of halogens is 1. The summed E-state index contributed by atoms with van der Waals surface area (Å²) in [5, 5.41) is 0. The lowest BCUT2D eigenvalue weighted by atomic mass is 10.2.